The number of hydrogen-bond acceptors (Lipinski definition) is 3. The third kappa shape index (κ3) is 2.64. The second-order valence-corrected chi connectivity index (χ2v) is 4.36. The van der Waals surface area contributed by atoms with Gasteiger partial charge in [-0.2, -0.15) is 10.5 Å². The van der Waals surface area contributed by atoms with Gasteiger partial charge in [-0.1, -0.05) is 18.6 Å². The van der Waals surface area contributed by atoms with Crippen molar-refractivity contribution in [3.8, 4) is 12.1 Å². The summed E-state index contributed by atoms with van der Waals surface area (Å²) in [7, 11) is 0. The monoisotopic (exact) mass is 225 g/mol. The predicted molar refractivity (Wildman–Crippen MR) is 64.9 cm³/mol. The van der Waals surface area contributed by atoms with E-state index in [4.69, 9.17) is 5.26 Å². The summed E-state index contributed by atoms with van der Waals surface area (Å²) in [6.07, 6.45) is 3.62. The summed E-state index contributed by atoms with van der Waals surface area (Å²) in [6.45, 7) is 2.00. The SMILES string of the molecule is N#Cc1ccc(C(C#N)N2CCCCC2)cc1. The molecule has 0 saturated carbocycles. The molecular formula is C14H15N3. The lowest BCUT2D eigenvalue weighted by Gasteiger charge is -2.30. The highest BCUT2D eigenvalue weighted by Gasteiger charge is 2.21. The Morgan fingerprint density at radius 2 is 1.65 bits per heavy atom. The minimum Gasteiger partial charge on any atom is -0.284 e. The maximum atomic E-state index is 9.30. The van der Waals surface area contributed by atoms with E-state index in [0.717, 1.165) is 18.7 Å². The molecule has 1 fully saturated rings. The van der Waals surface area contributed by atoms with Crippen LogP contribution in [0.5, 0.6) is 0 Å². The van der Waals surface area contributed by atoms with E-state index in [0.29, 0.717) is 5.56 Å². The molecule has 1 heterocycles. The molecule has 1 aliphatic heterocycles. The standard InChI is InChI=1S/C14H15N3/c15-10-12-4-6-13(7-5-12)14(11-16)17-8-2-1-3-9-17/h4-7,14H,1-3,8-9H2. The van der Waals surface area contributed by atoms with Crippen LogP contribution in [0.15, 0.2) is 24.3 Å². The molecule has 0 spiro atoms. The average Bonchev–Trinajstić information content (AvgIpc) is 2.42. The van der Waals surface area contributed by atoms with Crippen molar-refractivity contribution in [3.63, 3.8) is 0 Å². The first-order chi connectivity index (χ1) is 8.35. The molecule has 1 unspecified atom stereocenters. The quantitative estimate of drug-likeness (QED) is 0.777. The molecule has 3 nitrogen and oxygen atoms in total. The minimum atomic E-state index is -0.164. The van der Waals surface area contributed by atoms with E-state index in [2.05, 4.69) is 17.0 Å². The molecular weight excluding hydrogens is 210 g/mol. The van der Waals surface area contributed by atoms with Crippen LogP contribution in [-0.2, 0) is 0 Å². The highest BCUT2D eigenvalue weighted by Crippen LogP contribution is 2.24. The van der Waals surface area contributed by atoms with Crippen LogP contribution in [0.4, 0.5) is 0 Å². The van der Waals surface area contributed by atoms with Crippen LogP contribution in [0.2, 0.25) is 0 Å². The number of likely N-dealkylation sites (tertiary alicyclic amines) is 1. The van der Waals surface area contributed by atoms with Gasteiger partial charge in [0.15, 0.2) is 0 Å². The van der Waals surface area contributed by atoms with Gasteiger partial charge < -0.3 is 0 Å². The van der Waals surface area contributed by atoms with Crippen molar-refractivity contribution >= 4 is 0 Å². The fraction of sp³-hybridized carbons (Fsp3) is 0.429. The second-order valence-electron chi connectivity index (χ2n) is 4.36. The fourth-order valence-corrected chi connectivity index (χ4v) is 2.28. The van der Waals surface area contributed by atoms with Crippen molar-refractivity contribution in [2.24, 2.45) is 0 Å². The molecule has 0 amide bonds. The normalized spacial score (nSPS) is 18.0. The zero-order valence-corrected chi connectivity index (χ0v) is 9.76. The summed E-state index contributed by atoms with van der Waals surface area (Å²) in [6, 6.07) is 11.6. The number of nitrogens with zero attached hydrogens (tertiary/aromatic N) is 3. The molecule has 1 aromatic carbocycles. The number of piperidine rings is 1. The van der Waals surface area contributed by atoms with Crippen LogP contribution < -0.4 is 0 Å². The van der Waals surface area contributed by atoms with Crippen molar-refractivity contribution in [2.45, 2.75) is 25.3 Å². The molecule has 17 heavy (non-hydrogen) atoms. The van der Waals surface area contributed by atoms with Crippen molar-refractivity contribution < 1.29 is 0 Å². The average molecular weight is 225 g/mol. The van der Waals surface area contributed by atoms with E-state index < -0.39 is 0 Å². The molecule has 0 bridgehead atoms. The van der Waals surface area contributed by atoms with Gasteiger partial charge in [0.25, 0.3) is 0 Å². The topological polar surface area (TPSA) is 50.8 Å². The lowest BCUT2D eigenvalue weighted by molar-refractivity contribution is 0.196. The molecule has 0 N–H and O–H groups in total. The molecule has 1 atom stereocenters. The Morgan fingerprint density at radius 3 is 2.18 bits per heavy atom. The van der Waals surface area contributed by atoms with E-state index >= 15 is 0 Å². The molecule has 0 radical (unpaired) electrons. The number of hydrogen-bond donors (Lipinski definition) is 0. The summed E-state index contributed by atoms with van der Waals surface area (Å²) in [5.74, 6) is 0. The molecule has 2 rings (SSSR count). The van der Waals surface area contributed by atoms with Crippen molar-refractivity contribution in [1.29, 1.82) is 10.5 Å². The first-order valence-corrected chi connectivity index (χ1v) is 5.99. The first-order valence-electron chi connectivity index (χ1n) is 5.99. The van der Waals surface area contributed by atoms with Crippen LogP contribution in [0, 0.1) is 22.7 Å². The Morgan fingerprint density at radius 1 is 1.00 bits per heavy atom. The van der Waals surface area contributed by atoms with Gasteiger partial charge in [0.2, 0.25) is 0 Å². The van der Waals surface area contributed by atoms with Crippen LogP contribution in [-0.4, -0.2) is 18.0 Å². The Kier molecular flexibility index (Phi) is 3.75. The van der Waals surface area contributed by atoms with E-state index in [-0.39, 0.29) is 6.04 Å². The summed E-state index contributed by atoms with van der Waals surface area (Å²) < 4.78 is 0. The maximum absolute atomic E-state index is 9.30. The molecule has 3 heteroatoms. The third-order valence-corrected chi connectivity index (χ3v) is 3.23. The van der Waals surface area contributed by atoms with Crippen LogP contribution in [0.1, 0.15) is 36.4 Å². The number of rotatable bonds is 2. The molecule has 1 saturated heterocycles. The Hall–Kier alpha value is -1.84. The smallest absolute Gasteiger partial charge is 0.123 e. The lowest BCUT2D eigenvalue weighted by Crippen LogP contribution is -2.33. The lowest BCUT2D eigenvalue weighted by atomic mass is 10.0. The van der Waals surface area contributed by atoms with Gasteiger partial charge in [-0.3, -0.25) is 4.90 Å². The van der Waals surface area contributed by atoms with Crippen molar-refractivity contribution in [1.82, 2.24) is 4.90 Å². The van der Waals surface area contributed by atoms with E-state index in [1.54, 1.807) is 12.1 Å². The van der Waals surface area contributed by atoms with Gasteiger partial charge in [0.1, 0.15) is 6.04 Å². The van der Waals surface area contributed by atoms with E-state index in [1.165, 1.54) is 19.3 Å². The zero-order chi connectivity index (χ0) is 12.1. The summed E-state index contributed by atoms with van der Waals surface area (Å²) in [5, 5.41) is 18.0. The van der Waals surface area contributed by atoms with Crippen molar-refractivity contribution in [3.05, 3.63) is 35.4 Å². The molecule has 1 aliphatic rings. The Bertz CT molecular complexity index is 444. The Balaban J connectivity index is 2.17. The summed E-state index contributed by atoms with van der Waals surface area (Å²) in [5.41, 5.74) is 1.64. The van der Waals surface area contributed by atoms with Gasteiger partial charge in [-0.15, -0.1) is 0 Å². The molecule has 86 valence electrons. The predicted octanol–water partition coefficient (Wildman–Crippen LogP) is 2.61. The highest BCUT2D eigenvalue weighted by molar-refractivity contribution is 5.34. The summed E-state index contributed by atoms with van der Waals surface area (Å²) >= 11 is 0. The van der Waals surface area contributed by atoms with Gasteiger partial charge in [-0.05, 0) is 43.6 Å². The fourth-order valence-electron chi connectivity index (χ4n) is 2.28. The van der Waals surface area contributed by atoms with Gasteiger partial charge >= 0.3 is 0 Å². The van der Waals surface area contributed by atoms with Crippen LogP contribution >= 0.6 is 0 Å². The van der Waals surface area contributed by atoms with Crippen LogP contribution in [0.3, 0.4) is 0 Å². The van der Waals surface area contributed by atoms with Crippen molar-refractivity contribution in [2.75, 3.05) is 13.1 Å². The second kappa shape index (κ2) is 5.48. The van der Waals surface area contributed by atoms with Crippen LogP contribution in [0.25, 0.3) is 0 Å². The Labute approximate surface area is 102 Å². The van der Waals surface area contributed by atoms with E-state index in [9.17, 15) is 5.26 Å². The number of nitriles is 2. The molecule has 1 aromatic rings. The highest BCUT2D eigenvalue weighted by atomic mass is 15.2. The summed E-state index contributed by atoms with van der Waals surface area (Å²) in [4.78, 5) is 2.23. The van der Waals surface area contributed by atoms with Gasteiger partial charge in [-0.25, -0.2) is 0 Å². The molecule has 0 aromatic heterocycles. The molecule has 0 aliphatic carbocycles. The number of benzene rings is 1. The minimum absolute atomic E-state index is 0.164. The third-order valence-electron chi connectivity index (χ3n) is 3.23. The van der Waals surface area contributed by atoms with Gasteiger partial charge in [0, 0.05) is 0 Å². The maximum Gasteiger partial charge on any atom is 0.123 e. The first kappa shape index (κ1) is 11.6. The van der Waals surface area contributed by atoms with Gasteiger partial charge in [0.05, 0.1) is 17.7 Å². The zero-order valence-electron chi connectivity index (χ0n) is 9.76. The van der Waals surface area contributed by atoms with E-state index in [1.807, 2.05) is 12.1 Å². The largest absolute Gasteiger partial charge is 0.284 e.